The van der Waals surface area contributed by atoms with E-state index in [0.717, 1.165) is 30.6 Å². The Hall–Kier alpha value is -0.300. The van der Waals surface area contributed by atoms with E-state index in [4.69, 9.17) is 11.6 Å². The molecule has 4 aliphatic rings. The second-order valence-corrected chi connectivity index (χ2v) is 9.01. The number of hydrogen-bond acceptors (Lipinski definition) is 1. The third-order valence-corrected chi connectivity index (χ3v) is 8.27. The third kappa shape index (κ3) is 1.85. The minimum atomic E-state index is 0.198. The van der Waals surface area contributed by atoms with Crippen molar-refractivity contribution in [2.24, 2.45) is 28.6 Å². The zero-order valence-electron chi connectivity index (χ0n) is 13.4. The molecule has 0 aromatic heterocycles. The fourth-order valence-electron chi connectivity index (χ4n) is 6.64. The van der Waals surface area contributed by atoms with Crippen molar-refractivity contribution in [1.82, 2.24) is 0 Å². The Kier molecular flexibility index (Phi) is 3.13. The molecule has 0 heterocycles. The van der Waals surface area contributed by atoms with E-state index in [1.54, 1.807) is 0 Å². The molecule has 0 saturated heterocycles. The van der Waals surface area contributed by atoms with E-state index in [1.165, 1.54) is 44.1 Å². The summed E-state index contributed by atoms with van der Waals surface area (Å²) in [5, 5.41) is 0.613. The number of allylic oxidation sites excluding steroid dienone is 1. The molecule has 3 fully saturated rings. The summed E-state index contributed by atoms with van der Waals surface area (Å²) in [4.78, 5) is 12.0. The van der Waals surface area contributed by atoms with Gasteiger partial charge in [0.2, 0.25) is 0 Å². The van der Waals surface area contributed by atoms with Gasteiger partial charge in [-0.15, -0.1) is 0 Å². The number of ketones is 1. The van der Waals surface area contributed by atoms with E-state index in [9.17, 15) is 4.79 Å². The minimum Gasteiger partial charge on any atom is -0.293 e. The van der Waals surface area contributed by atoms with Crippen LogP contribution >= 0.6 is 11.6 Å². The second-order valence-electron chi connectivity index (χ2n) is 8.63. The van der Waals surface area contributed by atoms with E-state index in [0.29, 0.717) is 16.9 Å². The molecule has 116 valence electrons. The maximum Gasteiger partial charge on any atom is 0.174 e. The smallest absolute Gasteiger partial charge is 0.174 e. The van der Waals surface area contributed by atoms with Gasteiger partial charge in [0.05, 0.1) is 5.03 Å². The van der Waals surface area contributed by atoms with E-state index in [1.807, 2.05) is 0 Å². The SMILES string of the molecule is C[C@@]12CCC[C@H]1[C@@H]1CCC3=C(Cl)C(=O)CC[C@]3(C)[C@@H]1CC2. The van der Waals surface area contributed by atoms with Crippen LogP contribution in [0, 0.1) is 28.6 Å². The van der Waals surface area contributed by atoms with E-state index < -0.39 is 0 Å². The Morgan fingerprint density at radius 2 is 1.81 bits per heavy atom. The summed E-state index contributed by atoms with van der Waals surface area (Å²) in [5.41, 5.74) is 2.16. The van der Waals surface area contributed by atoms with Crippen LogP contribution in [0.3, 0.4) is 0 Å². The van der Waals surface area contributed by atoms with Crippen LogP contribution in [0.2, 0.25) is 0 Å². The molecule has 0 aromatic carbocycles. The quantitative estimate of drug-likeness (QED) is 0.579. The van der Waals surface area contributed by atoms with Crippen molar-refractivity contribution in [3.05, 3.63) is 10.6 Å². The molecule has 4 rings (SSSR count). The summed E-state index contributed by atoms with van der Waals surface area (Å²) in [7, 11) is 0. The Bertz CT molecular complexity index is 522. The van der Waals surface area contributed by atoms with Crippen molar-refractivity contribution >= 4 is 17.4 Å². The molecule has 0 aliphatic heterocycles. The molecule has 21 heavy (non-hydrogen) atoms. The van der Waals surface area contributed by atoms with Crippen LogP contribution in [0.5, 0.6) is 0 Å². The molecule has 0 radical (unpaired) electrons. The molecule has 0 spiro atoms. The fourth-order valence-corrected chi connectivity index (χ4v) is 7.05. The van der Waals surface area contributed by atoms with Crippen molar-refractivity contribution in [3.63, 3.8) is 0 Å². The lowest BCUT2D eigenvalue weighted by Gasteiger charge is -2.57. The van der Waals surface area contributed by atoms with Crippen LogP contribution in [0.1, 0.15) is 71.6 Å². The van der Waals surface area contributed by atoms with Crippen molar-refractivity contribution in [1.29, 1.82) is 0 Å². The normalized spacial score (nSPS) is 49.7. The third-order valence-electron chi connectivity index (χ3n) is 7.83. The average molecular weight is 307 g/mol. The van der Waals surface area contributed by atoms with Crippen LogP contribution < -0.4 is 0 Å². The molecule has 0 bridgehead atoms. The summed E-state index contributed by atoms with van der Waals surface area (Å²) in [6.07, 6.45) is 11.1. The number of carbonyl (C=O) groups is 1. The van der Waals surface area contributed by atoms with E-state index in [2.05, 4.69) is 13.8 Å². The van der Waals surface area contributed by atoms with Gasteiger partial charge in [-0.05, 0) is 79.1 Å². The van der Waals surface area contributed by atoms with Crippen molar-refractivity contribution in [2.45, 2.75) is 71.6 Å². The first-order valence-electron chi connectivity index (χ1n) is 8.88. The maximum absolute atomic E-state index is 12.0. The first-order valence-corrected chi connectivity index (χ1v) is 9.26. The topological polar surface area (TPSA) is 17.1 Å². The minimum absolute atomic E-state index is 0.198. The van der Waals surface area contributed by atoms with Gasteiger partial charge in [-0.1, -0.05) is 31.9 Å². The zero-order valence-corrected chi connectivity index (χ0v) is 14.1. The number of carbonyl (C=O) groups excluding carboxylic acids is 1. The highest BCUT2D eigenvalue weighted by Crippen LogP contribution is 2.65. The molecule has 0 amide bonds. The standard InChI is InChI=1S/C19H27ClO/c1-18-9-3-4-13(18)12-5-6-15-17(20)16(21)8-11-19(15,2)14(12)7-10-18/h12-14H,3-11H2,1-2H3/t12-,13-,14+,18-,19+/m0/s1. The van der Waals surface area contributed by atoms with Crippen LogP contribution in [0.4, 0.5) is 0 Å². The molecule has 1 nitrogen and oxygen atoms in total. The van der Waals surface area contributed by atoms with Crippen LogP contribution in [-0.4, -0.2) is 5.78 Å². The summed E-state index contributed by atoms with van der Waals surface area (Å²) in [6.45, 7) is 4.97. The molecular formula is C19H27ClO. The van der Waals surface area contributed by atoms with Crippen molar-refractivity contribution in [3.8, 4) is 0 Å². The summed E-state index contributed by atoms with van der Waals surface area (Å²) in [5.74, 6) is 2.80. The lowest BCUT2D eigenvalue weighted by molar-refractivity contribution is -0.117. The first-order chi connectivity index (χ1) is 9.96. The van der Waals surface area contributed by atoms with Gasteiger partial charge in [0.25, 0.3) is 0 Å². The summed E-state index contributed by atoms with van der Waals surface area (Å²) in [6, 6.07) is 0. The van der Waals surface area contributed by atoms with Gasteiger partial charge in [0.15, 0.2) is 5.78 Å². The van der Waals surface area contributed by atoms with E-state index >= 15 is 0 Å². The molecule has 0 N–H and O–H groups in total. The van der Waals surface area contributed by atoms with Gasteiger partial charge in [-0.25, -0.2) is 0 Å². The van der Waals surface area contributed by atoms with Gasteiger partial charge in [0.1, 0.15) is 0 Å². The average Bonchev–Trinajstić information content (AvgIpc) is 2.85. The van der Waals surface area contributed by atoms with Gasteiger partial charge in [-0.2, -0.15) is 0 Å². The lowest BCUT2D eigenvalue weighted by Crippen LogP contribution is -2.49. The highest BCUT2D eigenvalue weighted by Gasteiger charge is 2.56. The predicted molar refractivity (Wildman–Crippen MR) is 86.1 cm³/mol. The fraction of sp³-hybridized carbons (Fsp3) is 0.842. The van der Waals surface area contributed by atoms with E-state index in [-0.39, 0.29) is 11.2 Å². The molecule has 5 atom stereocenters. The molecule has 0 aromatic rings. The summed E-state index contributed by atoms with van der Waals surface area (Å²) < 4.78 is 0. The number of fused-ring (bicyclic) bond motifs is 5. The first kappa shape index (κ1) is 14.3. The second kappa shape index (κ2) is 4.60. The molecule has 2 heteroatoms. The Labute approximate surface area is 133 Å². The predicted octanol–water partition coefficient (Wildman–Crippen LogP) is 5.47. The molecule has 3 saturated carbocycles. The van der Waals surface area contributed by atoms with Gasteiger partial charge in [0, 0.05) is 6.42 Å². The number of halogens is 1. The lowest BCUT2D eigenvalue weighted by atomic mass is 9.47. The van der Waals surface area contributed by atoms with Gasteiger partial charge < -0.3 is 0 Å². The Balaban J connectivity index is 1.72. The molecule has 0 unspecified atom stereocenters. The number of hydrogen-bond donors (Lipinski definition) is 0. The molecule has 4 aliphatic carbocycles. The highest BCUT2D eigenvalue weighted by atomic mass is 35.5. The van der Waals surface area contributed by atoms with Gasteiger partial charge in [-0.3, -0.25) is 4.79 Å². The number of Topliss-reactive ketones (excluding diaryl/α,β-unsaturated/α-hetero) is 1. The highest BCUT2D eigenvalue weighted by molar-refractivity contribution is 6.43. The number of rotatable bonds is 0. The van der Waals surface area contributed by atoms with Crippen LogP contribution in [0.25, 0.3) is 0 Å². The monoisotopic (exact) mass is 306 g/mol. The maximum atomic E-state index is 12.0. The van der Waals surface area contributed by atoms with Gasteiger partial charge >= 0.3 is 0 Å². The Morgan fingerprint density at radius 3 is 2.62 bits per heavy atom. The van der Waals surface area contributed by atoms with Crippen molar-refractivity contribution < 1.29 is 4.79 Å². The Morgan fingerprint density at radius 1 is 1.00 bits per heavy atom. The largest absolute Gasteiger partial charge is 0.293 e. The summed E-state index contributed by atoms with van der Waals surface area (Å²) >= 11 is 6.43. The molecular weight excluding hydrogens is 280 g/mol. The van der Waals surface area contributed by atoms with Crippen LogP contribution in [0.15, 0.2) is 10.6 Å². The zero-order chi connectivity index (χ0) is 14.8. The van der Waals surface area contributed by atoms with Crippen molar-refractivity contribution in [2.75, 3.05) is 0 Å². The van der Waals surface area contributed by atoms with Crippen LogP contribution in [-0.2, 0) is 4.79 Å².